The Hall–Kier alpha value is -2.54. The highest BCUT2D eigenvalue weighted by molar-refractivity contribution is 7.86. The molecule has 1 aliphatic rings. The molecule has 2 aromatic rings. The van der Waals surface area contributed by atoms with Gasteiger partial charge in [-0.25, -0.2) is 0 Å². The molecule has 3 rings (SSSR count). The van der Waals surface area contributed by atoms with Crippen molar-refractivity contribution in [2.45, 2.75) is 35.5 Å². The number of nitrogens with one attached hydrogen (secondary N) is 2. The van der Waals surface area contributed by atoms with E-state index < -0.39 is 54.8 Å². The molecule has 24 heteroatoms. The van der Waals surface area contributed by atoms with Gasteiger partial charge in [0.05, 0.1) is 47.9 Å². The van der Waals surface area contributed by atoms with Crippen LogP contribution in [0.1, 0.15) is 24.5 Å². The standard InChI is InChI=1S/C7H16NO.C6H16NO.2C3HF4N3O2S/c1-8(7-9-2)5-3-4-6-8;1-7(2,3)5-6-8-4;2*4-3(5,6)1-8-2(10-9-1)13(7,11)12/h3-7H2,1-2H3;5-6H2,1-4H3;2*(H,8,9,10)/q2*+1;;. The zero-order valence-electron chi connectivity index (χ0n) is 23.9. The largest absolute Gasteiger partial charge is 0.451 e. The van der Waals surface area contributed by atoms with Crippen molar-refractivity contribution in [3.63, 3.8) is 0 Å². The van der Waals surface area contributed by atoms with Gasteiger partial charge < -0.3 is 18.4 Å². The molecule has 2 N–H and O–H groups in total. The Bertz CT molecular complexity index is 1240. The van der Waals surface area contributed by atoms with Gasteiger partial charge in [-0.2, -0.15) is 53.1 Å². The molecule has 0 bridgehead atoms. The SMILES string of the molecule is COCC[N+](C)(C)C.COC[N+]1(C)CCCC1.O=S(=O)(F)c1n[nH]c(C(F)(F)F)n1.O=S(=O)(F)c1n[nH]c(C(F)(F)F)n1. The van der Waals surface area contributed by atoms with Crippen LogP contribution in [0.25, 0.3) is 0 Å². The molecule has 1 saturated heterocycles. The number of aromatic amines is 2. The molecule has 0 aliphatic carbocycles. The van der Waals surface area contributed by atoms with E-state index in [-0.39, 0.29) is 0 Å². The van der Waals surface area contributed by atoms with E-state index in [1.165, 1.54) is 36.1 Å². The normalized spacial score (nSPS) is 15.4. The minimum Gasteiger partial charge on any atom is -0.379 e. The molecule has 43 heavy (non-hydrogen) atoms. The Balaban J connectivity index is 0.000000559. The van der Waals surface area contributed by atoms with E-state index in [9.17, 15) is 50.9 Å². The van der Waals surface area contributed by atoms with E-state index in [1.54, 1.807) is 14.2 Å². The number of rotatable bonds is 7. The number of likely N-dealkylation sites (tertiary alicyclic amines) is 1. The fraction of sp³-hybridized carbons (Fsp3) is 0.789. The molecule has 0 spiro atoms. The van der Waals surface area contributed by atoms with Crippen LogP contribution in [0.3, 0.4) is 0 Å². The van der Waals surface area contributed by atoms with Gasteiger partial charge in [0.1, 0.15) is 6.54 Å². The molecular weight excluding hydrogens is 652 g/mol. The third kappa shape index (κ3) is 16.8. The molecule has 0 unspecified atom stereocenters. The van der Waals surface area contributed by atoms with Gasteiger partial charge in [-0.15, -0.1) is 10.2 Å². The van der Waals surface area contributed by atoms with Crippen LogP contribution in [0.15, 0.2) is 10.3 Å². The number of halogens is 8. The summed E-state index contributed by atoms with van der Waals surface area (Å²) in [4.78, 5) is 4.80. The molecule has 1 fully saturated rings. The molecule has 2 aromatic heterocycles. The lowest BCUT2D eigenvalue weighted by molar-refractivity contribution is -0.916. The van der Waals surface area contributed by atoms with Gasteiger partial charge in [0.2, 0.25) is 11.6 Å². The van der Waals surface area contributed by atoms with Crippen molar-refractivity contribution in [1.29, 1.82) is 0 Å². The lowest BCUT2D eigenvalue weighted by atomic mass is 10.4. The smallest absolute Gasteiger partial charge is 0.379 e. The molecule has 1 aliphatic heterocycles. The van der Waals surface area contributed by atoms with Crippen molar-refractivity contribution < 1.29 is 69.4 Å². The molecule has 0 radical (unpaired) electrons. The number of nitrogens with zero attached hydrogens (tertiary/aromatic N) is 6. The second-order valence-electron chi connectivity index (χ2n) is 10.0. The van der Waals surface area contributed by atoms with Crippen LogP contribution in [0.4, 0.5) is 34.1 Å². The van der Waals surface area contributed by atoms with Crippen LogP contribution in [0, 0.1) is 0 Å². The Morgan fingerprint density at radius 1 is 0.791 bits per heavy atom. The van der Waals surface area contributed by atoms with E-state index in [2.05, 4.69) is 48.4 Å². The van der Waals surface area contributed by atoms with Crippen molar-refractivity contribution >= 4 is 20.4 Å². The summed E-state index contributed by atoms with van der Waals surface area (Å²) in [5.41, 5.74) is 0. The quantitative estimate of drug-likeness (QED) is 0.250. The summed E-state index contributed by atoms with van der Waals surface area (Å²) in [6.45, 7) is 5.42. The predicted octanol–water partition coefficient (Wildman–Crippen LogP) is 2.13. The van der Waals surface area contributed by atoms with Gasteiger partial charge in [0.15, 0.2) is 6.73 Å². The van der Waals surface area contributed by atoms with Gasteiger partial charge in [-0.1, -0.05) is 7.77 Å². The Kier molecular flexibility index (Phi) is 15.0. The molecule has 0 amide bonds. The topological polar surface area (TPSA) is 170 Å². The van der Waals surface area contributed by atoms with Gasteiger partial charge >= 0.3 is 32.8 Å². The summed E-state index contributed by atoms with van der Waals surface area (Å²) in [6.07, 6.45) is -7.01. The third-order valence-corrected chi connectivity index (χ3v) is 6.19. The second kappa shape index (κ2) is 16.0. The molecule has 3 heterocycles. The number of ether oxygens (including phenoxy) is 2. The van der Waals surface area contributed by atoms with Crippen LogP contribution in [0.5, 0.6) is 0 Å². The molecular formula is C19H34F8N8O6S2+2. The third-order valence-electron chi connectivity index (χ3n) is 4.96. The number of alkyl halides is 6. The summed E-state index contributed by atoms with van der Waals surface area (Å²) in [5.74, 6) is -3.33. The minimum atomic E-state index is -5.30. The lowest BCUT2D eigenvalue weighted by Crippen LogP contribution is -2.42. The van der Waals surface area contributed by atoms with E-state index >= 15 is 0 Å². The lowest BCUT2D eigenvalue weighted by Gasteiger charge is -2.27. The highest BCUT2D eigenvalue weighted by Gasteiger charge is 2.38. The molecule has 252 valence electrons. The van der Waals surface area contributed by atoms with E-state index in [4.69, 9.17) is 9.47 Å². The van der Waals surface area contributed by atoms with Gasteiger partial charge in [0, 0.05) is 27.1 Å². The maximum absolute atomic E-state index is 12.0. The average molecular weight is 687 g/mol. The zero-order chi connectivity index (χ0) is 33.9. The van der Waals surface area contributed by atoms with Gasteiger partial charge in [0.25, 0.3) is 10.3 Å². The van der Waals surface area contributed by atoms with Crippen molar-refractivity contribution in [2.75, 3.05) is 75.4 Å². The number of hydrogen-bond donors (Lipinski definition) is 2. The number of hydrogen-bond acceptors (Lipinski definition) is 10. The molecule has 0 atom stereocenters. The second-order valence-corrected chi connectivity index (χ2v) is 12.5. The first-order valence-corrected chi connectivity index (χ1v) is 14.5. The van der Waals surface area contributed by atoms with Crippen LogP contribution < -0.4 is 0 Å². The molecule has 14 nitrogen and oxygen atoms in total. The average Bonchev–Trinajstić information content (AvgIpc) is 3.57. The van der Waals surface area contributed by atoms with Crippen LogP contribution in [-0.2, 0) is 42.3 Å². The number of methoxy groups -OCH3 is 2. The van der Waals surface area contributed by atoms with E-state index in [0.29, 0.717) is 0 Å². The summed E-state index contributed by atoms with van der Waals surface area (Å²) in [6, 6.07) is 0. The first-order valence-electron chi connectivity index (χ1n) is 11.8. The summed E-state index contributed by atoms with van der Waals surface area (Å²) >= 11 is 0. The van der Waals surface area contributed by atoms with Gasteiger partial charge in [-0.3, -0.25) is 10.2 Å². The number of likely N-dealkylation sites (N-methyl/N-ethyl adjacent to an activating group) is 1. The minimum absolute atomic E-state index is 0.851. The van der Waals surface area contributed by atoms with Gasteiger partial charge in [-0.05, 0) is 0 Å². The zero-order valence-corrected chi connectivity index (χ0v) is 25.6. The van der Waals surface area contributed by atoms with Crippen LogP contribution in [0.2, 0.25) is 0 Å². The van der Waals surface area contributed by atoms with Crippen molar-refractivity contribution in [3.8, 4) is 0 Å². The van der Waals surface area contributed by atoms with Crippen molar-refractivity contribution in [2.24, 2.45) is 0 Å². The van der Waals surface area contributed by atoms with E-state index in [1.807, 2.05) is 0 Å². The highest BCUT2D eigenvalue weighted by Crippen LogP contribution is 2.27. The van der Waals surface area contributed by atoms with Crippen molar-refractivity contribution in [3.05, 3.63) is 11.6 Å². The summed E-state index contributed by atoms with van der Waals surface area (Å²) in [5, 5.41) is 4.51. The Morgan fingerprint density at radius 2 is 1.16 bits per heavy atom. The first-order chi connectivity index (χ1) is 19.2. The molecule has 0 saturated carbocycles. The number of H-pyrrole nitrogens is 2. The fourth-order valence-electron chi connectivity index (χ4n) is 2.87. The Labute approximate surface area is 243 Å². The predicted molar refractivity (Wildman–Crippen MR) is 131 cm³/mol. The maximum Gasteiger partial charge on any atom is 0.451 e. The highest BCUT2D eigenvalue weighted by atomic mass is 32.3. The van der Waals surface area contributed by atoms with E-state index in [0.717, 1.165) is 28.8 Å². The van der Waals surface area contributed by atoms with Crippen molar-refractivity contribution in [1.82, 2.24) is 30.4 Å². The molecule has 0 aromatic carbocycles. The van der Waals surface area contributed by atoms with Crippen LogP contribution in [-0.4, -0.2) is 132 Å². The fourth-order valence-corrected chi connectivity index (χ4v) is 3.58. The summed E-state index contributed by atoms with van der Waals surface area (Å²) in [7, 11) is 1.64. The Morgan fingerprint density at radius 3 is 1.35 bits per heavy atom. The summed E-state index contributed by atoms with van der Waals surface area (Å²) < 4.78 is 146. The first kappa shape index (κ1) is 40.5. The number of quaternary nitrogens is 2. The van der Waals surface area contributed by atoms with Crippen LogP contribution >= 0.6 is 0 Å². The monoisotopic (exact) mass is 686 g/mol. The maximum atomic E-state index is 12.0. The number of aromatic nitrogens is 6.